The number of ether oxygens (including phenoxy) is 3. The Hall–Kier alpha value is -3.65. The first-order chi connectivity index (χ1) is 16.9. The third kappa shape index (κ3) is 4.18. The van der Waals surface area contributed by atoms with Gasteiger partial charge in [0.15, 0.2) is 16.3 Å². The molecule has 0 N–H and O–H groups in total. The maximum absolute atomic E-state index is 13.7. The smallest absolute Gasteiger partial charge is 0.338 e. The number of fused-ring (bicyclic) bond motifs is 2. The molecular weight excluding hydrogens is 464 g/mol. The second-order valence-corrected chi connectivity index (χ2v) is 9.75. The lowest BCUT2D eigenvalue weighted by Crippen LogP contribution is -2.39. The van der Waals surface area contributed by atoms with Crippen molar-refractivity contribution >= 4 is 23.4 Å². The Bertz CT molecular complexity index is 1510. The highest BCUT2D eigenvalue weighted by Crippen LogP contribution is 2.38. The lowest BCUT2D eigenvalue weighted by Gasteiger charge is -2.24. The summed E-state index contributed by atoms with van der Waals surface area (Å²) in [5.41, 5.74) is 3.55. The van der Waals surface area contributed by atoms with Gasteiger partial charge in [-0.3, -0.25) is 9.36 Å². The van der Waals surface area contributed by atoms with Crippen LogP contribution in [0, 0.1) is 0 Å². The number of thiazole rings is 1. The minimum absolute atomic E-state index is 0.136. The van der Waals surface area contributed by atoms with E-state index >= 15 is 0 Å². The number of rotatable bonds is 5. The van der Waals surface area contributed by atoms with Gasteiger partial charge in [-0.05, 0) is 54.7 Å². The second-order valence-electron chi connectivity index (χ2n) is 8.74. The highest BCUT2D eigenvalue weighted by Gasteiger charge is 2.34. The van der Waals surface area contributed by atoms with Crippen LogP contribution in [0.5, 0.6) is 11.5 Å². The number of carbonyl (C=O) groups excluding carboxylic acids is 1. The monoisotopic (exact) mass is 490 g/mol. The van der Waals surface area contributed by atoms with Gasteiger partial charge in [-0.1, -0.05) is 55.5 Å². The molecule has 7 nitrogen and oxygen atoms in total. The number of carbonyl (C=O) groups is 1. The van der Waals surface area contributed by atoms with Crippen LogP contribution in [0.1, 0.15) is 56.3 Å². The van der Waals surface area contributed by atoms with Gasteiger partial charge in [0.05, 0.1) is 28.5 Å². The Morgan fingerprint density at radius 3 is 2.66 bits per heavy atom. The van der Waals surface area contributed by atoms with Crippen LogP contribution in [0.3, 0.4) is 0 Å². The maximum atomic E-state index is 13.7. The molecule has 180 valence electrons. The fourth-order valence-electron chi connectivity index (χ4n) is 4.32. The van der Waals surface area contributed by atoms with E-state index in [-0.39, 0.29) is 19.0 Å². The van der Waals surface area contributed by atoms with Gasteiger partial charge in [0, 0.05) is 0 Å². The van der Waals surface area contributed by atoms with Crippen LogP contribution >= 0.6 is 11.3 Å². The molecule has 3 aromatic rings. The van der Waals surface area contributed by atoms with Crippen LogP contribution in [0.25, 0.3) is 6.08 Å². The average molecular weight is 491 g/mol. The summed E-state index contributed by atoms with van der Waals surface area (Å²) in [6.07, 6.45) is 1.87. The maximum Gasteiger partial charge on any atom is 0.338 e. The van der Waals surface area contributed by atoms with Gasteiger partial charge in [0.1, 0.15) is 0 Å². The van der Waals surface area contributed by atoms with Crippen molar-refractivity contribution in [2.24, 2.45) is 4.99 Å². The third-order valence-corrected chi connectivity index (χ3v) is 7.11. The molecule has 0 saturated carbocycles. The lowest BCUT2D eigenvalue weighted by atomic mass is 9.95. The normalized spacial score (nSPS) is 16.9. The number of allylic oxidation sites excluding steroid dienone is 1. The molecule has 8 heteroatoms. The topological polar surface area (TPSA) is 79.1 Å². The Morgan fingerprint density at radius 1 is 1.20 bits per heavy atom. The number of esters is 1. The predicted octanol–water partition coefficient (Wildman–Crippen LogP) is 3.65. The van der Waals surface area contributed by atoms with E-state index in [4.69, 9.17) is 14.2 Å². The molecule has 3 heterocycles. The molecule has 0 amide bonds. The van der Waals surface area contributed by atoms with Gasteiger partial charge in [-0.2, -0.15) is 0 Å². The first-order valence-electron chi connectivity index (χ1n) is 11.6. The van der Waals surface area contributed by atoms with Crippen molar-refractivity contribution in [3.05, 3.63) is 90.1 Å². The summed E-state index contributed by atoms with van der Waals surface area (Å²) in [6.45, 7) is 8.17. The number of hydrogen-bond acceptors (Lipinski definition) is 7. The zero-order valence-corrected chi connectivity index (χ0v) is 20.8. The molecule has 0 aliphatic carbocycles. The highest BCUT2D eigenvalue weighted by molar-refractivity contribution is 7.07. The number of aromatic nitrogens is 1. The van der Waals surface area contributed by atoms with E-state index in [0.717, 1.165) is 11.1 Å². The minimum atomic E-state index is -0.690. The van der Waals surface area contributed by atoms with Crippen LogP contribution < -0.4 is 24.4 Å². The molecule has 0 radical (unpaired) electrons. The summed E-state index contributed by atoms with van der Waals surface area (Å²) < 4.78 is 18.5. The summed E-state index contributed by atoms with van der Waals surface area (Å²) in [7, 11) is 0. The van der Waals surface area contributed by atoms with Crippen molar-refractivity contribution in [1.29, 1.82) is 0 Å². The highest BCUT2D eigenvalue weighted by atomic mass is 32.1. The molecule has 0 bridgehead atoms. The standard InChI is InChI=1S/C27H26N2O5S/c1-5-32-26(31)23-16(4)28-27-29(24(23)19-10-11-20-21(13-19)34-14-33-20)25(30)22(35-27)12-17-6-8-18(9-7-17)15(2)3/h6-13,15,24H,5,14H2,1-4H3/b22-12+/t24-/m0/s1. The van der Waals surface area contributed by atoms with Crippen molar-refractivity contribution in [3.63, 3.8) is 0 Å². The van der Waals surface area contributed by atoms with E-state index < -0.39 is 12.0 Å². The largest absolute Gasteiger partial charge is 0.463 e. The molecule has 2 aromatic carbocycles. The minimum Gasteiger partial charge on any atom is -0.463 e. The van der Waals surface area contributed by atoms with Crippen LogP contribution in [0.4, 0.5) is 0 Å². The van der Waals surface area contributed by atoms with Crippen molar-refractivity contribution in [1.82, 2.24) is 4.57 Å². The number of nitrogens with zero attached hydrogens (tertiary/aromatic N) is 2. The van der Waals surface area contributed by atoms with Crippen molar-refractivity contribution in [2.45, 2.75) is 39.7 Å². The fraction of sp³-hybridized carbons (Fsp3) is 0.296. The Balaban J connectivity index is 1.68. The van der Waals surface area contributed by atoms with Gasteiger partial charge in [-0.25, -0.2) is 9.79 Å². The van der Waals surface area contributed by atoms with Crippen LogP contribution in [-0.4, -0.2) is 23.9 Å². The summed E-state index contributed by atoms with van der Waals surface area (Å²) in [6, 6.07) is 12.9. The summed E-state index contributed by atoms with van der Waals surface area (Å²) in [5.74, 6) is 1.15. The Morgan fingerprint density at radius 2 is 1.94 bits per heavy atom. The van der Waals surface area contributed by atoms with Gasteiger partial charge in [0.2, 0.25) is 6.79 Å². The summed E-state index contributed by atoms with van der Waals surface area (Å²) in [5, 5.41) is 0. The van der Waals surface area contributed by atoms with Crippen LogP contribution in [0.15, 0.2) is 63.5 Å². The molecule has 0 unspecified atom stereocenters. The van der Waals surface area contributed by atoms with Gasteiger partial charge < -0.3 is 14.2 Å². The molecular formula is C27H26N2O5S. The average Bonchev–Trinajstić information content (AvgIpc) is 3.42. The van der Waals surface area contributed by atoms with Crippen molar-refractivity contribution < 1.29 is 19.0 Å². The molecule has 1 atom stereocenters. The Kier molecular flexibility index (Phi) is 6.06. The zero-order valence-electron chi connectivity index (χ0n) is 20.0. The van der Waals surface area contributed by atoms with E-state index in [0.29, 0.717) is 38.0 Å². The van der Waals surface area contributed by atoms with Gasteiger partial charge in [-0.15, -0.1) is 0 Å². The first kappa shape index (κ1) is 23.1. The first-order valence-corrected chi connectivity index (χ1v) is 12.4. The molecule has 1 aromatic heterocycles. The van der Waals surface area contributed by atoms with Crippen molar-refractivity contribution in [2.75, 3.05) is 13.4 Å². The van der Waals surface area contributed by atoms with Gasteiger partial charge in [0.25, 0.3) is 5.56 Å². The molecule has 0 spiro atoms. The third-order valence-electron chi connectivity index (χ3n) is 6.13. The zero-order chi connectivity index (χ0) is 24.7. The predicted molar refractivity (Wildman–Crippen MR) is 133 cm³/mol. The SMILES string of the molecule is CCOC(=O)C1=C(C)N=c2s/c(=C/c3ccc(C(C)C)cc3)c(=O)n2[C@H]1c1ccc2c(c1)OCO2. The van der Waals surface area contributed by atoms with E-state index in [1.807, 2.05) is 30.3 Å². The van der Waals surface area contributed by atoms with Crippen LogP contribution in [-0.2, 0) is 9.53 Å². The summed E-state index contributed by atoms with van der Waals surface area (Å²) >= 11 is 1.31. The number of hydrogen-bond donors (Lipinski definition) is 0. The fourth-order valence-corrected chi connectivity index (χ4v) is 5.37. The van der Waals surface area contributed by atoms with Crippen molar-refractivity contribution in [3.8, 4) is 11.5 Å². The molecule has 5 rings (SSSR count). The molecule has 2 aliphatic heterocycles. The number of benzene rings is 2. The lowest BCUT2D eigenvalue weighted by molar-refractivity contribution is -0.139. The molecule has 35 heavy (non-hydrogen) atoms. The van der Waals surface area contributed by atoms with E-state index in [2.05, 4.69) is 31.0 Å². The molecule has 2 aliphatic rings. The van der Waals surface area contributed by atoms with E-state index in [1.54, 1.807) is 24.5 Å². The molecule has 0 saturated heterocycles. The summed E-state index contributed by atoms with van der Waals surface area (Å²) in [4.78, 5) is 31.9. The quantitative estimate of drug-likeness (QED) is 0.510. The second kappa shape index (κ2) is 9.19. The van der Waals surface area contributed by atoms with E-state index in [9.17, 15) is 9.59 Å². The Labute approximate surface area is 206 Å². The molecule has 0 fully saturated rings. The van der Waals surface area contributed by atoms with E-state index in [1.165, 1.54) is 16.9 Å². The van der Waals surface area contributed by atoms with Crippen LogP contribution in [0.2, 0.25) is 0 Å². The van der Waals surface area contributed by atoms with Gasteiger partial charge >= 0.3 is 5.97 Å².